The largest absolute Gasteiger partial charge is 0.416 e. The molecule has 158 valence electrons. The van der Waals surface area contributed by atoms with Gasteiger partial charge in [-0.1, -0.05) is 6.07 Å². The number of hydrogen-bond acceptors (Lipinski definition) is 5. The Morgan fingerprint density at radius 2 is 1.62 bits per heavy atom. The zero-order valence-corrected chi connectivity index (χ0v) is 15.2. The Morgan fingerprint density at radius 3 is 2.14 bits per heavy atom. The second-order valence-corrected chi connectivity index (χ2v) is 6.77. The van der Waals surface area contributed by atoms with E-state index in [1.807, 2.05) is 0 Å². The van der Waals surface area contributed by atoms with Gasteiger partial charge in [-0.25, -0.2) is 9.97 Å². The molecule has 1 aliphatic heterocycles. The van der Waals surface area contributed by atoms with Crippen molar-refractivity contribution in [3.63, 3.8) is 0 Å². The number of piperidine rings is 1. The third-order valence-electron chi connectivity index (χ3n) is 4.80. The zero-order chi connectivity index (χ0) is 21.2. The molecule has 0 amide bonds. The Morgan fingerprint density at radius 1 is 1.00 bits per heavy atom. The fourth-order valence-corrected chi connectivity index (χ4v) is 3.22. The summed E-state index contributed by atoms with van der Waals surface area (Å²) in [5.41, 5.74) is 5.07. The molecular weight excluding hydrogens is 400 g/mol. The minimum Gasteiger partial charge on any atom is -0.353 e. The average molecular weight is 419 g/mol. The highest BCUT2D eigenvalue weighted by molar-refractivity contribution is 5.60. The van der Waals surface area contributed by atoms with Crippen LogP contribution in [0.2, 0.25) is 0 Å². The van der Waals surface area contributed by atoms with Crippen molar-refractivity contribution < 1.29 is 26.3 Å². The molecule has 3 N–H and O–H groups in total. The number of rotatable bonds is 4. The van der Waals surface area contributed by atoms with Gasteiger partial charge in [-0.3, -0.25) is 0 Å². The fraction of sp³-hybridized carbons (Fsp3) is 0.444. The van der Waals surface area contributed by atoms with Crippen LogP contribution in [-0.4, -0.2) is 29.2 Å². The molecule has 11 heteroatoms. The van der Waals surface area contributed by atoms with Gasteiger partial charge in [0.2, 0.25) is 5.95 Å². The lowest BCUT2D eigenvalue weighted by atomic mass is 9.96. The van der Waals surface area contributed by atoms with Crippen LogP contribution >= 0.6 is 0 Å². The molecule has 3 rings (SSSR count). The van der Waals surface area contributed by atoms with E-state index in [2.05, 4.69) is 15.3 Å². The first-order valence-electron chi connectivity index (χ1n) is 8.89. The smallest absolute Gasteiger partial charge is 0.353 e. The van der Waals surface area contributed by atoms with E-state index >= 15 is 0 Å². The van der Waals surface area contributed by atoms with Gasteiger partial charge in [-0.15, -0.1) is 0 Å². The Kier molecular flexibility index (Phi) is 5.87. The van der Waals surface area contributed by atoms with E-state index in [0.29, 0.717) is 5.69 Å². The summed E-state index contributed by atoms with van der Waals surface area (Å²) in [6.07, 6.45) is -6.03. The van der Waals surface area contributed by atoms with Crippen LogP contribution in [0.1, 0.15) is 24.0 Å². The van der Waals surface area contributed by atoms with Crippen molar-refractivity contribution >= 4 is 17.3 Å². The highest BCUT2D eigenvalue weighted by Crippen LogP contribution is 2.36. The lowest BCUT2D eigenvalue weighted by Crippen LogP contribution is -2.39. The standard InChI is InChI=1S/C18H19F6N5/c19-17(20,21)12-3-5-29(6-4-12)16-26-9-14(10-27-16)28-13-2-1-11(8-25)15(7-13)18(22,23)24/h1-2,7,9-10,12,28H,3-6,8,25H2. The van der Waals surface area contributed by atoms with E-state index in [9.17, 15) is 26.3 Å². The number of nitrogens with one attached hydrogen (secondary N) is 1. The number of benzene rings is 1. The van der Waals surface area contributed by atoms with Crippen molar-refractivity contribution in [2.24, 2.45) is 11.7 Å². The minimum atomic E-state index is -4.53. The topological polar surface area (TPSA) is 67.1 Å². The molecule has 0 saturated carbocycles. The van der Waals surface area contributed by atoms with Gasteiger partial charge in [0.05, 0.1) is 29.6 Å². The van der Waals surface area contributed by atoms with Gasteiger partial charge in [0.25, 0.3) is 0 Å². The van der Waals surface area contributed by atoms with Crippen LogP contribution in [0.5, 0.6) is 0 Å². The molecule has 1 aromatic carbocycles. The van der Waals surface area contributed by atoms with Crippen LogP contribution < -0.4 is 16.0 Å². The lowest BCUT2D eigenvalue weighted by Gasteiger charge is -2.32. The molecule has 0 radical (unpaired) electrons. The number of aromatic nitrogens is 2. The predicted molar refractivity (Wildman–Crippen MR) is 95.6 cm³/mol. The molecule has 0 spiro atoms. The molecule has 1 aliphatic rings. The van der Waals surface area contributed by atoms with E-state index in [0.717, 1.165) is 6.07 Å². The Bertz CT molecular complexity index is 826. The van der Waals surface area contributed by atoms with Crippen molar-refractivity contribution in [2.45, 2.75) is 31.7 Å². The highest BCUT2D eigenvalue weighted by atomic mass is 19.4. The van der Waals surface area contributed by atoms with Gasteiger partial charge < -0.3 is 16.0 Å². The first-order valence-corrected chi connectivity index (χ1v) is 8.89. The van der Waals surface area contributed by atoms with Crippen LogP contribution in [0.25, 0.3) is 0 Å². The Balaban J connectivity index is 1.67. The monoisotopic (exact) mass is 419 g/mol. The number of halogens is 6. The summed E-state index contributed by atoms with van der Waals surface area (Å²) in [7, 11) is 0. The molecule has 0 unspecified atom stereocenters. The zero-order valence-electron chi connectivity index (χ0n) is 15.2. The van der Waals surface area contributed by atoms with Crippen molar-refractivity contribution in [3.05, 3.63) is 41.7 Å². The van der Waals surface area contributed by atoms with Gasteiger partial charge in [-0.2, -0.15) is 26.3 Å². The van der Waals surface area contributed by atoms with E-state index in [1.54, 1.807) is 4.90 Å². The van der Waals surface area contributed by atoms with E-state index < -0.39 is 23.8 Å². The van der Waals surface area contributed by atoms with Crippen LogP contribution in [0.4, 0.5) is 43.7 Å². The summed E-state index contributed by atoms with van der Waals surface area (Å²) in [6, 6.07) is 3.72. The molecular formula is C18H19F6N5. The average Bonchev–Trinajstić information content (AvgIpc) is 2.67. The van der Waals surface area contributed by atoms with Crippen LogP contribution in [-0.2, 0) is 12.7 Å². The van der Waals surface area contributed by atoms with Crippen LogP contribution in [0.3, 0.4) is 0 Å². The van der Waals surface area contributed by atoms with E-state index in [-0.39, 0.29) is 49.7 Å². The number of alkyl halides is 6. The van der Waals surface area contributed by atoms with Crippen molar-refractivity contribution in [2.75, 3.05) is 23.3 Å². The predicted octanol–water partition coefficient (Wildman–Crippen LogP) is 4.48. The van der Waals surface area contributed by atoms with E-state index in [4.69, 9.17) is 5.73 Å². The quantitative estimate of drug-likeness (QED) is 0.716. The van der Waals surface area contributed by atoms with Crippen molar-refractivity contribution in [1.29, 1.82) is 0 Å². The summed E-state index contributed by atoms with van der Waals surface area (Å²) in [5, 5.41) is 2.79. The Labute approximate surface area is 162 Å². The summed E-state index contributed by atoms with van der Waals surface area (Å²) >= 11 is 0. The summed E-state index contributed by atoms with van der Waals surface area (Å²) in [5.74, 6) is -1.04. The third kappa shape index (κ3) is 5.08. The maximum Gasteiger partial charge on any atom is 0.416 e. The van der Waals surface area contributed by atoms with Gasteiger partial charge in [0.15, 0.2) is 0 Å². The number of anilines is 3. The SMILES string of the molecule is NCc1ccc(Nc2cnc(N3CCC(C(F)(F)F)CC3)nc2)cc1C(F)(F)F. The second kappa shape index (κ2) is 8.05. The van der Waals surface area contributed by atoms with E-state index in [1.165, 1.54) is 24.5 Å². The summed E-state index contributed by atoms with van der Waals surface area (Å²) in [6.45, 7) is 0.136. The first-order chi connectivity index (χ1) is 13.6. The Hall–Kier alpha value is -2.56. The third-order valence-corrected chi connectivity index (χ3v) is 4.80. The minimum absolute atomic E-state index is 0.0168. The molecule has 0 atom stereocenters. The van der Waals surface area contributed by atoms with Gasteiger partial charge >= 0.3 is 12.4 Å². The van der Waals surface area contributed by atoms with Crippen LogP contribution in [0, 0.1) is 5.92 Å². The fourth-order valence-electron chi connectivity index (χ4n) is 3.22. The van der Waals surface area contributed by atoms with Gasteiger partial charge in [-0.05, 0) is 30.5 Å². The van der Waals surface area contributed by atoms with Crippen LogP contribution in [0.15, 0.2) is 30.6 Å². The number of nitrogens with zero attached hydrogens (tertiary/aromatic N) is 3. The maximum absolute atomic E-state index is 13.1. The first kappa shape index (κ1) is 21.2. The highest BCUT2D eigenvalue weighted by Gasteiger charge is 2.41. The normalized spacial score (nSPS) is 16.2. The molecule has 2 aromatic rings. The van der Waals surface area contributed by atoms with Gasteiger partial charge in [0, 0.05) is 25.3 Å². The molecule has 5 nitrogen and oxygen atoms in total. The molecule has 1 saturated heterocycles. The lowest BCUT2D eigenvalue weighted by molar-refractivity contribution is -0.179. The summed E-state index contributed by atoms with van der Waals surface area (Å²) < 4.78 is 77.6. The maximum atomic E-state index is 13.1. The number of nitrogens with two attached hydrogens (primary N) is 1. The molecule has 1 fully saturated rings. The molecule has 0 bridgehead atoms. The number of hydrogen-bond donors (Lipinski definition) is 2. The summed E-state index contributed by atoms with van der Waals surface area (Å²) in [4.78, 5) is 9.90. The molecule has 29 heavy (non-hydrogen) atoms. The second-order valence-electron chi connectivity index (χ2n) is 6.77. The van der Waals surface area contributed by atoms with Crippen molar-refractivity contribution in [1.82, 2.24) is 9.97 Å². The molecule has 1 aromatic heterocycles. The molecule has 0 aliphatic carbocycles. The van der Waals surface area contributed by atoms with Gasteiger partial charge in [0.1, 0.15) is 0 Å². The van der Waals surface area contributed by atoms with Crippen molar-refractivity contribution in [3.8, 4) is 0 Å². The molecule has 2 heterocycles.